The Morgan fingerprint density at radius 2 is 2.30 bits per heavy atom. The largest absolute Gasteiger partial charge is 0.356 e. The lowest BCUT2D eigenvalue weighted by Crippen LogP contribution is -2.44. The van der Waals surface area contributed by atoms with E-state index >= 15 is 0 Å². The van der Waals surface area contributed by atoms with E-state index in [9.17, 15) is 0 Å². The first-order valence-electron chi connectivity index (χ1n) is 8.86. The molecule has 1 fully saturated rings. The molecule has 1 saturated heterocycles. The second kappa shape index (κ2) is 9.93. The second-order valence-electron chi connectivity index (χ2n) is 6.89. The van der Waals surface area contributed by atoms with Crippen LogP contribution in [-0.4, -0.2) is 44.1 Å². The van der Waals surface area contributed by atoms with Crippen LogP contribution in [0, 0.1) is 11.8 Å². The molecular weight excluding hydrogens is 304 g/mol. The summed E-state index contributed by atoms with van der Waals surface area (Å²) in [6.45, 7) is 10.0. The quantitative estimate of drug-likeness (QED) is 0.593. The number of rotatable bonds is 7. The Morgan fingerprint density at radius 1 is 1.43 bits per heavy atom. The number of thiophene rings is 1. The number of nitrogens with zero attached hydrogens (tertiary/aromatic N) is 2. The van der Waals surface area contributed by atoms with Gasteiger partial charge in [0.05, 0.1) is 0 Å². The minimum absolute atomic E-state index is 0.715. The van der Waals surface area contributed by atoms with Crippen LogP contribution in [0.3, 0.4) is 0 Å². The molecule has 0 spiro atoms. The molecule has 1 aliphatic rings. The van der Waals surface area contributed by atoms with Gasteiger partial charge in [0, 0.05) is 38.1 Å². The van der Waals surface area contributed by atoms with Gasteiger partial charge in [-0.15, -0.1) is 11.3 Å². The molecule has 1 aromatic rings. The van der Waals surface area contributed by atoms with Crippen LogP contribution < -0.4 is 10.6 Å². The molecule has 1 aliphatic heterocycles. The van der Waals surface area contributed by atoms with Crippen LogP contribution in [0.2, 0.25) is 0 Å². The van der Waals surface area contributed by atoms with Crippen molar-refractivity contribution in [3.05, 3.63) is 22.4 Å². The highest BCUT2D eigenvalue weighted by molar-refractivity contribution is 7.09. The van der Waals surface area contributed by atoms with Crippen molar-refractivity contribution in [3.8, 4) is 0 Å². The van der Waals surface area contributed by atoms with E-state index in [1.165, 1.54) is 37.2 Å². The third kappa shape index (κ3) is 6.92. The molecule has 2 N–H and O–H groups in total. The van der Waals surface area contributed by atoms with Crippen LogP contribution >= 0.6 is 11.3 Å². The maximum absolute atomic E-state index is 4.33. The monoisotopic (exact) mass is 336 g/mol. The van der Waals surface area contributed by atoms with Gasteiger partial charge in [0.15, 0.2) is 5.96 Å². The molecule has 2 heterocycles. The lowest BCUT2D eigenvalue weighted by atomic mass is 9.98. The summed E-state index contributed by atoms with van der Waals surface area (Å²) in [6.07, 6.45) is 3.80. The van der Waals surface area contributed by atoms with Gasteiger partial charge in [-0.05, 0) is 49.1 Å². The number of likely N-dealkylation sites (tertiary alicyclic amines) is 1. The van der Waals surface area contributed by atoms with E-state index in [1.807, 2.05) is 18.4 Å². The topological polar surface area (TPSA) is 39.7 Å². The predicted molar refractivity (Wildman–Crippen MR) is 101 cm³/mol. The summed E-state index contributed by atoms with van der Waals surface area (Å²) in [5, 5.41) is 9.09. The molecule has 1 unspecified atom stereocenters. The standard InChI is InChI=1S/C18H32N4S/c1-15(2)8-9-20-18(19-3)21-12-16-6-4-10-22(13-16)14-17-7-5-11-23-17/h5,7,11,15-16H,4,6,8-10,12-14H2,1-3H3,(H2,19,20,21). The fourth-order valence-corrected chi connectivity index (χ4v) is 3.77. The molecule has 2 rings (SSSR count). The van der Waals surface area contributed by atoms with Crippen LogP contribution in [0.15, 0.2) is 22.5 Å². The van der Waals surface area contributed by atoms with E-state index in [0.29, 0.717) is 5.92 Å². The summed E-state index contributed by atoms with van der Waals surface area (Å²) in [6, 6.07) is 4.39. The molecule has 130 valence electrons. The molecule has 0 aliphatic carbocycles. The molecule has 0 aromatic carbocycles. The Kier molecular flexibility index (Phi) is 7.89. The lowest BCUT2D eigenvalue weighted by Gasteiger charge is -2.32. The normalized spacial score (nSPS) is 20.0. The van der Waals surface area contributed by atoms with Crippen LogP contribution in [0.25, 0.3) is 0 Å². The van der Waals surface area contributed by atoms with Gasteiger partial charge >= 0.3 is 0 Å². The second-order valence-corrected chi connectivity index (χ2v) is 7.92. The van der Waals surface area contributed by atoms with Gasteiger partial charge in [0.25, 0.3) is 0 Å². The summed E-state index contributed by atoms with van der Waals surface area (Å²) in [4.78, 5) is 8.40. The third-order valence-corrected chi connectivity index (χ3v) is 5.22. The van der Waals surface area contributed by atoms with Crippen LogP contribution in [0.4, 0.5) is 0 Å². The number of hydrogen-bond acceptors (Lipinski definition) is 3. The number of nitrogens with one attached hydrogen (secondary N) is 2. The minimum Gasteiger partial charge on any atom is -0.356 e. The van der Waals surface area contributed by atoms with Crippen molar-refractivity contribution in [1.29, 1.82) is 0 Å². The molecule has 5 heteroatoms. The van der Waals surface area contributed by atoms with Crippen molar-refractivity contribution in [1.82, 2.24) is 15.5 Å². The highest BCUT2D eigenvalue weighted by Gasteiger charge is 2.20. The average molecular weight is 337 g/mol. The van der Waals surface area contributed by atoms with Gasteiger partial charge in [-0.2, -0.15) is 0 Å². The SMILES string of the molecule is CN=C(NCCC(C)C)NCC1CCCN(Cc2cccs2)C1. The van der Waals surface area contributed by atoms with Gasteiger partial charge in [-0.1, -0.05) is 19.9 Å². The Labute approximate surface area is 145 Å². The maximum Gasteiger partial charge on any atom is 0.190 e. The van der Waals surface area contributed by atoms with E-state index in [1.54, 1.807) is 0 Å². The predicted octanol–water partition coefficient (Wildman–Crippen LogP) is 3.17. The fraction of sp³-hybridized carbons (Fsp3) is 0.722. The Hall–Kier alpha value is -1.07. The zero-order valence-electron chi connectivity index (χ0n) is 14.8. The number of aliphatic imine (C=N–C) groups is 1. The molecule has 0 radical (unpaired) electrons. The van der Waals surface area contributed by atoms with E-state index in [2.05, 4.69) is 51.9 Å². The zero-order valence-corrected chi connectivity index (χ0v) is 15.7. The molecule has 0 bridgehead atoms. The molecule has 23 heavy (non-hydrogen) atoms. The fourth-order valence-electron chi connectivity index (χ4n) is 3.03. The minimum atomic E-state index is 0.715. The van der Waals surface area contributed by atoms with Gasteiger partial charge in [-0.3, -0.25) is 9.89 Å². The van der Waals surface area contributed by atoms with E-state index < -0.39 is 0 Å². The Morgan fingerprint density at radius 3 is 3.00 bits per heavy atom. The number of hydrogen-bond donors (Lipinski definition) is 2. The lowest BCUT2D eigenvalue weighted by molar-refractivity contribution is 0.169. The molecule has 1 atom stereocenters. The summed E-state index contributed by atoms with van der Waals surface area (Å²) in [5.74, 6) is 2.39. The third-order valence-electron chi connectivity index (χ3n) is 4.36. The Balaban J connectivity index is 1.69. The zero-order chi connectivity index (χ0) is 16.5. The van der Waals surface area contributed by atoms with Crippen molar-refractivity contribution in [2.24, 2.45) is 16.8 Å². The van der Waals surface area contributed by atoms with E-state index in [0.717, 1.165) is 31.5 Å². The van der Waals surface area contributed by atoms with Crippen LogP contribution in [0.5, 0.6) is 0 Å². The first-order chi connectivity index (χ1) is 11.2. The van der Waals surface area contributed by atoms with E-state index in [4.69, 9.17) is 0 Å². The maximum atomic E-state index is 4.33. The number of piperidine rings is 1. The first-order valence-corrected chi connectivity index (χ1v) is 9.74. The molecule has 0 saturated carbocycles. The van der Waals surface area contributed by atoms with Crippen molar-refractivity contribution in [2.45, 2.75) is 39.7 Å². The summed E-state index contributed by atoms with van der Waals surface area (Å²) in [5.41, 5.74) is 0. The van der Waals surface area contributed by atoms with Crippen molar-refractivity contribution in [2.75, 3.05) is 33.2 Å². The highest BCUT2D eigenvalue weighted by Crippen LogP contribution is 2.19. The van der Waals surface area contributed by atoms with Crippen molar-refractivity contribution in [3.63, 3.8) is 0 Å². The Bertz CT molecular complexity index is 456. The molecule has 1 aromatic heterocycles. The van der Waals surface area contributed by atoms with Gasteiger partial charge in [0.2, 0.25) is 0 Å². The van der Waals surface area contributed by atoms with Crippen LogP contribution in [-0.2, 0) is 6.54 Å². The van der Waals surface area contributed by atoms with Crippen molar-refractivity contribution < 1.29 is 0 Å². The first kappa shape index (κ1) is 18.3. The number of guanidine groups is 1. The summed E-state index contributed by atoms with van der Waals surface area (Å²) in [7, 11) is 1.86. The van der Waals surface area contributed by atoms with Crippen LogP contribution in [0.1, 0.15) is 38.0 Å². The van der Waals surface area contributed by atoms with Gasteiger partial charge < -0.3 is 10.6 Å². The van der Waals surface area contributed by atoms with Gasteiger partial charge in [0.1, 0.15) is 0 Å². The molecular formula is C18H32N4S. The molecule has 0 amide bonds. The van der Waals surface area contributed by atoms with E-state index in [-0.39, 0.29) is 0 Å². The average Bonchev–Trinajstić information content (AvgIpc) is 3.03. The van der Waals surface area contributed by atoms with Gasteiger partial charge in [-0.25, -0.2) is 0 Å². The highest BCUT2D eigenvalue weighted by atomic mass is 32.1. The smallest absolute Gasteiger partial charge is 0.190 e. The summed E-state index contributed by atoms with van der Waals surface area (Å²) < 4.78 is 0. The van der Waals surface area contributed by atoms with Crippen molar-refractivity contribution >= 4 is 17.3 Å². The molecule has 4 nitrogen and oxygen atoms in total. The summed E-state index contributed by atoms with van der Waals surface area (Å²) >= 11 is 1.86.